The summed E-state index contributed by atoms with van der Waals surface area (Å²) in [4.78, 5) is 15.4. The van der Waals surface area contributed by atoms with E-state index in [1.807, 2.05) is 17.4 Å². The van der Waals surface area contributed by atoms with E-state index in [1.165, 1.54) is 42.2 Å². The van der Waals surface area contributed by atoms with Gasteiger partial charge >= 0.3 is 0 Å². The average molecular weight is 618 g/mol. The summed E-state index contributed by atoms with van der Waals surface area (Å²) in [6, 6.07) is 57.5. The van der Waals surface area contributed by atoms with E-state index in [9.17, 15) is 0 Å². The molecule has 2 heterocycles. The zero-order chi connectivity index (χ0) is 31.2. The van der Waals surface area contributed by atoms with Crippen LogP contribution in [0.5, 0.6) is 0 Å². The first kappa shape index (κ1) is 27.3. The van der Waals surface area contributed by atoms with E-state index in [0.29, 0.717) is 17.5 Å². The lowest BCUT2D eigenvalue weighted by atomic mass is 10.0. The Kier molecular flexibility index (Phi) is 6.65. The van der Waals surface area contributed by atoms with E-state index >= 15 is 0 Å². The molecule has 9 aromatic rings. The van der Waals surface area contributed by atoms with Gasteiger partial charge in [-0.3, -0.25) is 0 Å². The molecule has 0 bridgehead atoms. The highest BCUT2D eigenvalue weighted by molar-refractivity contribution is 7.26. The molecule has 0 saturated carbocycles. The maximum absolute atomic E-state index is 5.16. The Labute approximate surface area is 276 Å². The zero-order valence-corrected chi connectivity index (χ0v) is 26.2. The average Bonchev–Trinajstić information content (AvgIpc) is 3.53. The van der Waals surface area contributed by atoms with Crippen molar-refractivity contribution >= 4 is 42.3 Å². The molecular formula is C43H27N3S. The molecule has 0 unspecified atom stereocenters. The van der Waals surface area contributed by atoms with Crippen LogP contribution in [0.4, 0.5) is 0 Å². The van der Waals surface area contributed by atoms with Crippen LogP contribution < -0.4 is 0 Å². The molecule has 0 fully saturated rings. The van der Waals surface area contributed by atoms with Gasteiger partial charge in [0.15, 0.2) is 17.5 Å². The molecule has 7 aromatic carbocycles. The number of thiophene rings is 1. The summed E-state index contributed by atoms with van der Waals surface area (Å²) in [6.45, 7) is 0. The zero-order valence-electron chi connectivity index (χ0n) is 25.3. The van der Waals surface area contributed by atoms with Crippen molar-refractivity contribution in [1.82, 2.24) is 15.0 Å². The van der Waals surface area contributed by atoms with Crippen molar-refractivity contribution in [2.24, 2.45) is 0 Å². The molecule has 0 saturated heterocycles. The smallest absolute Gasteiger partial charge is 0.164 e. The van der Waals surface area contributed by atoms with Crippen LogP contribution >= 0.6 is 11.3 Å². The Morgan fingerprint density at radius 2 is 0.915 bits per heavy atom. The largest absolute Gasteiger partial charge is 0.208 e. The lowest BCUT2D eigenvalue weighted by molar-refractivity contribution is 1.08. The number of rotatable bonds is 5. The van der Waals surface area contributed by atoms with E-state index in [-0.39, 0.29) is 0 Å². The molecule has 0 spiro atoms. The second-order valence-electron chi connectivity index (χ2n) is 11.7. The molecule has 0 aliphatic rings. The first-order chi connectivity index (χ1) is 23.3. The van der Waals surface area contributed by atoms with Crippen molar-refractivity contribution in [3.63, 3.8) is 0 Å². The maximum atomic E-state index is 5.16. The predicted octanol–water partition coefficient (Wildman–Crippen LogP) is 11.7. The van der Waals surface area contributed by atoms with Crippen LogP contribution in [0.2, 0.25) is 0 Å². The molecule has 9 rings (SSSR count). The van der Waals surface area contributed by atoms with Crippen molar-refractivity contribution in [1.29, 1.82) is 0 Å². The third-order valence-corrected chi connectivity index (χ3v) is 9.86. The molecule has 0 amide bonds. The monoisotopic (exact) mass is 617 g/mol. The van der Waals surface area contributed by atoms with Gasteiger partial charge in [0.25, 0.3) is 0 Å². The highest BCUT2D eigenvalue weighted by atomic mass is 32.1. The highest BCUT2D eigenvalue weighted by Gasteiger charge is 2.17. The fourth-order valence-electron chi connectivity index (χ4n) is 6.35. The third-order valence-electron chi connectivity index (χ3n) is 8.74. The quantitative estimate of drug-likeness (QED) is 0.193. The van der Waals surface area contributed by atoms with Gasteiger partial charge < -0.3 is 0 Å². The fraction of sp³-hybridized carbons (Fsp3) is 0. The Balaban J connectivity index is 1.23. The number of hydrogen-bond donors (Lipinski definition) is 0. The Morgan fingerprint density at radius 1 is 0.340 bits per heavy atom. The molecule has 0 aliphatic heterocycles. The van der Waals surface area contributed by atoms with Crippen LogP contribution in [0.1, 0.15) is 0 Å². The third kappa shape index (κ3) is 5.05. The standard InChI is InChI=1S/C43H27N3S/c1-3-10-28(11-4-1)31-18-21-32(22-19-31)41-44-42(35-23-20-30-14-7-8-15-33(30)26-35)46-43(45-41)37-16-9-17-38-40(37)36-25-24-34(27-39(36)47-38)29-12-5-2-6-13-29/h1-27H. The number of nitrogens with zero attached hydrogens (tertiary/aromatic N) is 3. The number of fused-ring (bicyclic) bond motifs is 4. The normalized spacial score (nSPS) is 11.4. The summed E-state index contributed by atoms with van der Waals surface area (Å²) < 4.78 is 2.46. The second kappa shape index (κ2) is 11.4. The maximum Gasteiger partial charge on any atom is 0.164 e. The van der Waals surface area contributed by atoms with Gasteiger partial charge in [0.2, 0.25) is 0 Å². The first-order valence-corrected chi connectivity index (χ1v) is 16.5. The van der Waals surface area contributed by atoms with Crippen LogP contribution in [0, 0.1) is 0 Å². The Bertz CT molecular complexity index is 2550. The van der Waals surface area contributed by atoms with Gasteiger partial charge in [-0.25, -0.2) is 15.0 Å². The number of hydrogen-bond acceptors (Lipinski definition) is 4. The summed E-state index contributed by atoms with van der Waals surface area (Å²) in [5.41, 5.74) is 7.68. The number of aromatic nitrogens is 3. The lowest BCUT2D eigenvalue weighted by Crippen LogP contribution is -2.00. The topological polar surface area (TPSA) is 38.7 Å². The van der Waals surface area contributed by atoms with Gasteiger partial charge in [-0.15, -0.1) is 11.3 Å². The molecule has 220 valence electrons. The van der Waals surface area contributed by atoms with Crippen LogP contribution in [0.15, 0.2) is 164 Å². The molecule has 47 heavy (non-hydrogen) atoms. The molecule has 0 N–H and O–H groups in total. The van der Waals surface area contributed by atoms with Crippen molar-refractivity contribution in [2.75, 3.05) is 0 Å². The summed E-state index contributed by atoms with van der Waals surface area (Å²) in [7, 11) is 0. The van der Waals surface area contributed by atoms with Crippen molar-refractivity contribution < 1.29 is 0 Å². The predicted molar refractivity (Wildman–Crippen MR) is 197 cm³/mol. The Hall–Kier alpha value is -5.97. The molecular weight excluding hydrogens is 591 g/mol. The van der Waals surface area contributed by atoms with Gasteiger partial charge in [0, 0.05) is 36.9 Å². The molecule has 2 aromatic heterocycles. The molecule has 0 aliphatic carbocycles. The lowest BCUT2D eigenvalue weighted by Gasteiger charge is -2.11. The summed E-state index contributed by atoms with van der Waals surface area (Å²) in [6.07, 6.45) is 0. The van der Waals surface area contributed by atoms with Gasteiger partial charge in [0.05, 0.1) is 0 Å². The van der Waals surface area contributed by atoms with Crippen molar-refractivity contribution in [2.45, 2.75) is 0 Å². The molecule has 0 radical (unpaired) electrons. The van der Waals surface area contributed by atoms with E-state index in [1.54, 1.807) is 0 Å². The van der Waals surface area contributed by atoms with Crippen LogP contribution in [0.3, 0.4) is 0 Å². The van der Waals surface area contributed by atoms with Crippen LogP contribution in [-0.4, -0.2) is 15.0 Å². The number of benzene rings is 7. The molecule has 4 heteroatoms. The SMILES string of the molecule is c1ccc(-c2ccc(-c3nc(-c4ccc5ccccc5c4)nc(-c4cccc5sc6cc(-c7ccccc7)ccc6c45)n3)cc2)cc1. The Morgan fingerprint density at radius 3 is 1.68 bits per heavy atom. The van der Waals surface area contributed by atoms with E-state index in [2.05, 4.69) is 158 Å². The summed E-state index contributed by atoms with van der Waals surface area (Å²) >= 11 is 1.81. The minimum Gasteiger partial charge on any atom is -0.208 e. The fourth-order valence-corrected chi connectivity index (χ4v) is 7.52. The van der Waals surface area contributed by atoms with Crippen molar-refractivity contribution in [3.8, 4) is 56.4 Å². The van der Waals surface area contributed by atoms with E-state index < -0.39 is 0 Å². The second-order valence-corrected chi connectivity index (χ2v) is 12.8. The first-order valence-electron chi connectivity index (χ1n) is 15.7. The molecule has 3 nitrogen and oxygen atoms in total. The van der Waals surface area contributed by atoms with E-state index in [0.717, 1.165) is 27.6 Å². The van der Waals surface area contributed by atoms with Gasteiger partial charge in [-0.05, 0) is 51.2 Å². The van der Waals surface area contributed by atoms with Gasteiger partial charge in [-0.1, -0.05) is 146 Å². The van der Waals surface area contributed by atoms with Gasteiger partial charge in [-0.2, -0.15) is 0 Å². The van der Waals surface area contributed by atoms with E-state index in [4.69, 9.17) is 15.0 Å². The van der Waals surface area contributed by atoms with Crippen LogP contribution in [-0.2, 0) is 0 Å². The molecule has 0 atom stereocenters. The van der Waals surface area contributed by atoms with Gasteiger partial charge in [0.1, 0.15) is 0 Å². The summed E-state index contributed by atoms with van der Waals surface area (Å²) in [5.74, 6) is 1.98. The highest BCUT2D eigenvalue weighted by Crippen LogP contribution is 2.41. The van der Waals surface area contributed by atoms with Crippen molar-refractivity contribution in [3.05, 3.63) is 164 Å². The minimum atomic E-state index is 0.653. The minimum absolute atomic E-state index is 0.653. The van der Waals surface area contributed by atoms with Crippen LogP contribution in [0.25, 0.3) is 87.4 Å². The summed E-state index contributed by atoms with van der Waals surface area (Å²) in [5, 5.41) is 4.72.